The first-order valence-corrected chi connectivity index (χ1v) is 10.9. The van der Waals surface area contributed by atoms with E-state index in [4.69, 9.17) is 9.47 Å². The first kappa shape index (κ1) is 21.8. The van der Waals surface area contributed by atoms with Crippen molar-refractivity contribution in [2.45, 2.75) is 33.9 Å². The first-order chi connectivity index (χ1) is 14.4. The zero-order valence-electron chi connectivity index (χ0n) is 17.9. The van der Waals surface area contributed by atoms with E-state index in [2.05, 4.69) is 18.8 Å². The minimum Gasteiger partial charge on any atom is -0.497 e. The van der Waals surface area contributed by atoms with Gasteiger partial charge in [0.15, 0.2) is 0 Å². The SMILES string of the molecule is COc1ccc(C(=O)N(Cc2csc(COc3ccc(C)cc3)n2)CC(C)C)cc1. The van der Waals surface area contributed by atoms with Crippen molar-refractivity contribution in [2.75, 3.05) is 13.7 Å². The Kier molecular flexibility index (Phi) is 7.46. The van der Waals surface area contributed by atoms with Crippen LogP contribution >= 0.6 is 11.3 Å². The summed E-state index contributed by atoms with van der Waals surface area (Å²) in [5.41, 5.74) is 2.73. The predicted octanol–water partition coefficient (Wildman–Crippen LogP) is 5.34. The van der Waals surface area contributed by atoms with Crippen LogP contribution in [0.4, 0.5) is 0 Å². The molecule has 0 atom stereocenters. The van der Waals surface area contributed by atoms with Crippen LogP contribution in [0, 0.1) is 12.8 Å². The van der Waals surface area contributed by atoms with Gasteiger partial charge in [-0.2, -0.15) is 0 Å². The molecule has 0 aliphatic carbocycles. The van der Waals surface area contributed by atoms with E-state index >= 15 is 0 Å². The maximum Gasteiger partial charge on any atom is 0.254 e. The number of benzene rings is 2. The highest BCUT2D eigenvalue weighted by molar-refractivity contribution is 7.09. The van der Waals surface area contributed by atoms with Crippen molar-refractivity contribution in [3.05, 3.63) is 75.7 Å². The molecule has 158 valence electrons. The van der Waals surface area contributed by atoms with Gasteiger partial charge >= 0.3 is 0 Å². The molecule has 0 unspecified atom stereocenters. The van der Waals surface area contributed by atoms with Gasteiger partial charge in [0.25, 0.3) is 5.91 Å². The lowest BCUT2D eigenvalue weighted by Gasteiger charge is -2.24. The number of amides is 1. The van der Waals surface area contributed by atoms with E-state index < -0.39 is 0 Å². The molecule has 0 saturated carbocycles. The quantitative estimate of drug-likeness (QED) is 0.465. The van der Waals surface area contributed by atoms with Gasteiger partial charge in [-0.3, -0.25) is 4.79 Å². The fourth-order valence-electron chi connectivity index (χ4n) is 3.04. The van der Waals surface area contributed by atoms with Gasteiger partial charge in [0.2, 0.25) is 0 Å². The summed E-state index contributed by atoms with van der Waals surface area (Å²) in [6, 6.07) is 15.2. The largest absolute Gasteiger partial charge is 0.497 e. The number of hydrogen-bond acceptors (Lipinski definition) is 5. The molecule has 3 rings (SSSR count). The monoisotopic (exact) mass is 424 g/mol. The molecule has 0 bridgehead atoms. The van der Waals surface area contributed by atoms with Crippen molar-refractivity contribution < 1.29 is 14.3 Å². The number of thiazole rings is 1. The molecular weight excluding hydrogens is 396 g/mol. The van der Waals surface area contributed by atoms with Crippen molar-refractivity contribution >= 4 is 17.2 Å². The Balaban J connectivity index is 1.65. The third-order valence-electron chi connectivity index (χ3n) is 4.55. The standard InChI is InChI=1S/C24H28N2O3S/c1-17(2)13-26(24(27)19-7-11-21(28-4)12-8-19)14-20-16-30-23(25-20)15-29-22-9-5-18(3)6-10-22/h5-12,16-17H,13-15H2,1-4H3. The van der Waals surface area contributed by atoms with E-state index in [9.17, 15) is 4.79 Å². The van der Waals surface area contributed by atoms with E-state index in [-0.39, 0.29) is 5.91 Å². The van der Waals surface area contributed by atoms with Gasteiger partial charge in [-0.1, -0.05) is 31.5 Å². The van der Waals surface area contributed by atoms with Crippen LogP contribution in [-0.4, -0.2) is 29.4 Å². The molecule has 6 heteroatoms. The molecule has 3 aromatic rings. The number of nitrogens with zero attached hydrogens (tertiary/aromatic N) is 2. The molecular formula is C24H28N2O3S. The number of rotatable bonds is 9. The summed E-state index contributed by atoms with van der Waals surface area (Å²) >= 11 is 1.55. The number of carbonyl (C=O) groups is 1. The second-order valence-corrected chi connectivity index (χ2v) is 8.58. The van der Waals surface area contributed by atoms with Gasteiger partial charge in [-0.15, -0.1) is 11.3 Å². The van der Waals surface area contributed by atoms with Crippen LogP contribution in [0.1, 0.15) is 40.5 Å². The van der Waals surface area contributed by atoms with E-state index in [0.717, 1.165) is 22.2 Å². The van der Waals surface area contributed by atoms with E-state index in [0.29, 0.717) is 31.2 Å². The van der Waals surface area contributed by atoms with Crippen LogP contribution < -0.4 is 9.47 Å². The summed E-state index contributed by atoms with van der Waals surface area (Å²) in [4.78, 5) is 19.6. The number of aryl methyl sites for hydroxylation is 1. The highest BCUT2D eigenvalue weighted by Gasteiger charge is 2.19. The Morgan fingerprint density at radius 2 is 1.73 bits per heavy atom. The number of methoxy groups -OCH3 is 1. The third-order valence-corrected chi connectivity index (χ3v) is 5.42. The lowest BCUT2D eigenvalue weighted by Crippen LogP contribution is -2.33. The number of hydrogen-bond donors (Lipinski definition) is 0. The Morgan fingerprint density at radius 1 is 1.07 bits per heavy atom. The lowest BCUT2D eigenvalue weighted by atomic mass is 10.1. The summed E-state index contributed by atoms with van der Waals surface area (Å²) in [5, 5.41) is 2.90. The number of ether oxygens (including phenoxy) is 2. The van der Waals surface area contributed by atoms with Crippen molar-refractivity contribution in [1.82, 2.24) is 9.88 Å². The van der Waals surface area contributed by atoms with Gasteiger partial charge in [0, 0.05) is 17.5 Å². The van der Waals surface area contributed by atoms with E-state index in [1.54, 1.807) is 30.6 Å². The lowest BCUT2D eigenvalue weighted by molar-refractivity contribution is 0.0720. The fourth-order valence-corrected chi connectivity index (χ4v) is 3.74. The summed E-state index contributed by atoms with van der Waals surface area (Å²) in [6.45, 7) is 7.82. The van der Waals surface area contributed by atoms with Crippen LogP contribution in [0.15, 0.2) is 53.9 Å². The minimum atomic E-state index is -0.00296. The molecule has 1 heterocycles. The number of aromatic nitrogens is 1. The minimum absolute atomic E-state index is 0.00296. The average molecular weight is 425 g/mol. The molecule has 2 aromatic carbocycles. The molecule has 1 amide bonds. The van der Waals surface area contributed by atoms with E-state index in [1.165, 1.54) is 5.56 Å². The summed E-state index contributed by atoms with van der Waals surface area (Å²) < 4.78 is 11.0. The summed E-state index contributed by atoms with van der Waals surface area (Å²) in [7, 11) is 1.62. The Morgan fingerprint density at radius 3 is 2.37 bits per heavy atom. The van der Waals surface area contributed by atoms with Gasteiger partial charge in [0.05, 0.1) is 19.3 Å². The Labute approximate surface area is 182 Å². The zero-order valence-corrected chi connectivity index (χ0v) is 18.7. The molecule has 1 aromatic heterocycles. The van der Waals surface area contributed by atoms with Gasteiger partial charge in [-0.05, 0) is 49.2 Å². The smallest absolute Gasteiger partial charge is 0.254 e. The molecule has 0 fully saturated rings. The maximum atomic E-state index is 13.1. The van der Waals surface area contributed by atoms with Gasteiger partial charge in [0.1, 0.15) is 23.1 Å². The Hall–Kier alpha value is -2.86. The van der Waals surface area contributed by atoms with Crippen LogP contribution in [0.5, 0.6) is 11.5 Å². The second kappa shape index (κ2) is 10.3. The van der Waals surface area contributed by atoms with Crippen molar-refractivity contribution in [3.8, 4) is 11.5 Å². The predicted molar refractivity (Wildman–Crippen MR) is 120 cm³/mol. The molecule has 0 aliphatic heterocycles. The first-order valence-electron chi connectivity index (χ1n) is 10.0. The molecule has 0 radical (unpaired) electrons. The summed E-state index contributed by atoms with van der Waals surface area (Å²) in [5.74, 6) is 1.92. The van der Waals surface area contributed by atoms with Crippen LogP contribution in [0.2, 0.25) is 0 Å². The third kappa shape index (κ3) is 6.07. The highest BCUT2D eigenvalue weighted by Crippen LogP contribution is 2.19. The number of carbonyl (C=O) groups excluding carboxylic acids is 1. The Bertz CT molecular complexity index is 949. The van der Waals surface area contributed by atoms with Gasteiger partial charge in [-0.25, -0.2) is 4.98 Å². The molecule has 0 N–H and O–H groups in total. The van der Waals surface area contributed by atoms with Crippen LogP contribution in [-0.2, 0) is 13.2 Å². The van der Waals surface area contributed by atoms with Crippen molar-refractivity contribution in [1.29, 1.82) is 0 Å². The van der Waals surface area contributed by atoms with Crippen LogP contribution in [0.3, 0.4) is 0 Å². The molecule has 30 heavy (non-hydrogen) atoms. The van der Waals surface area contributed by atoms with Crippen molar-refractivity contribution in [2.24, 2.45) is 5.92 Å². The highest BCUT2D eigenvalue weighted by atomic mass is 32.1. The molecule has 0 saturated heterocycles. The normalized spacial score (nSPS) is 10.8. The molecule has 0 aliphatic rings. The molecule has 5 nitrogen and oxygen atoms in total. The van der Waals surface area contributed by atoms with Crippen LogP contribution in [0.25, 0.3) is 0 Å². The van der Waals surface area contributed by atoms with E-state index in [1.807, 2.05) is 53.6 Å². The van der Waals surface area contributed by atoms with Crippen molar-refractivity contribution in [3.63, 3.8) is 0 Å². The topological polar surface area (TPSA) is 51.7 Å². The average Bonchev–Trinajstić information content (AvgIpc) is 3.19. The maximum absolute atomic E-state index is 13.1. The summed E-state index contributed by atoms with van der Waals surface area (Å²) in [6.07, 6.45) is 0. The second-order valence-electron chi connectivity index (χ2n) is 7.64. The zero-order chi connectivity index (χ0) is 21.5. The fraction of sp³-hybridized carbons (Fsp3) is 0.333. The van der Waals surface area contributed by atoms with Gasteiger partial charge < -0.3 is 14.4 Å². The molecule has 0 spiro atoms.